The van der Waals surface area contributed by atoms with Crippen LogP contribution in [-0.2, 0) is 6.54 Å². The summed E-state index contributed by atoms with van der Waals surface area (Å²) in [5.74, 6) is 1.61. The largest absolute Gasteiger partial charge is 0.507 e. The molecule has 2 aromatic heterocycles. The third kappa shape index (κ3) is 4.47. The Morgan fingerprint density at radius 3 is 2.46 bits per heavy atom. The lowest BCUT2D eigenvalue weighted by Crippen LogP contribution is -2.29. The Morgan fingerprint density at radius 2 is 1.73 bits per heavy atom. The molecular weight excluding hydrogens is 466 g/mol. The second kappa shape index (κ2) is 9.95. The number of aromatic nitrogens is 5. The van der Waals surface area contributed by atoms with Crippen LogP contribution >= 0.6 is 0 Å². The van der Waals surface area contributed by atoms with Crippen molar-refractivity contribution in [1.82, 2.24) is 25.0 Å². The second-order valence-electron chi connectivity index (χ2n) is 10.3. The zero-order valence-electron chi connectivity index (χ0n) is 21.4. The van der Waals surface area contributed by atoms with Gasteiger partial charge in [0.15, 0.2) is 12.4 Å². The van der Waals surface area contributed by atoms with Crippen LogP contribution < -0.4 is 4.90 Å². The predicted molar refractivity (Wildman–Crippen MR) is 143 cm³/mol. The van der Waals surface area contributed by atoms with E-state index >= 15 is 0 Å². The fourth-order valence-electron chi connectivity index (χ4n) is 5.87. The van der Waals surface area contributed by atoms with Crippen LogP contribution in [0.25, 0.3) is 28.0 Å². The molecule has 2 aromatic carbocycles. The van der Waals surface area contributed by atoms with Gasteiger partial charge in [-0.3, -0.25) is 9.67 Å². The van der Waals surface area contributed by atoms with Gasteiger partial charge in [-0.05, 0) is 69.4 Å². The number of phenolic OH excluding ortho intramolecular Hbond substituents is 1. The number of fused-ring (bicyclic) bond motifs is 1. The number of rotatable bonds is 7. The van der Waals surface area contributed by atoms with Crippen molar-refractivity contribution in [2.45, 2.75) is 64.3 Å². The first-order valence-electron chi connectivity index (χ1n) is 13.6. The molecular formula is C28H34N7O2+. The number of aromatic hydroxyl groups is 1. The summed E-state index contributed by atoms with van der Waals surface area (Å²) in [7, 11) is 0. The summed E-state index contributed by atoms with van der Waals surface area (Å²) < 4.78 is 2.86. The van der Waals surface area contributed by atoms with Crippen molar-refractivity contribution < 1.29 is 9.87 Å². The highest BCUT2D eigenvalue weighted by atomic mass is 16.3. The van der Waals surface area contributed by atoms with E-state index in [9.17, 15) is 10.0 Å². The van der Waals surface area contributed by atoms with Crippen molar-refractivity contribution in [2.75, 3.05) is 24.5 Å². The summed E-state index contributed by atoms with van der Waals surface area (Å²) in [5, 5.41) is 28.6. The van der Waals surface area contributed by atoms with E-state index in [1.54, 1.807) is 6.07 Å². The van der Waals surface area contributed by atoms with Crippen LogP contribution in [0.15, 0.2) is 36.4 Å². The number of benzene rings is 2. The molecule has 0 radical (unpaired) electrons. The highest BCUT2D eigenvalue weighted by molar-refractivity contribution is 5.89. The molecule has 2 aliphatic rings. The molecule has 1 saturated carbocycles. The van der Waals surface area contributed by atoms with Crippen LogP contribution in [-0.4, -0.2) is 54.5 Å². The fraction of sp³-hybridized carbons (Fsp3) is 0.464. The van der Waals surface area contributed by atoms with Gasteiger partial charge in [0.1, 0.15) is 5.75 Å². The quantitative estimate of drug-likeness (QED) is 0.327. The van der Waals surface area contributed by atoms with Gasteiger partial charge in [-0.1, -0.05) is 12.8 Å². The molecule has 0 bridgehead atoms. The number of nitroso groups, excluding NO2 is 1. The molecule has 0 unspecified atom stereocenters. The Kier molecular flexibility index (Phi) is 6.36. The molecule has 192 valence electrons. The number of nitrogens with one attached hydrogen (secondary N) is 1. The molecule has 37 heavy (non-hydrogen) atoms. The van der Waals surface area contributed by atoms with Gasteiger partial charge in [0.05, 0.1) is 11.1 Å². The van der Waals surface area contributed by atoms with Gasteiger partial charge in [0.25, 0.3) is 6.54 Å². The molecule has 1 aliphatic heterocycles. The van der Waals surface area contributed by atoms with E-state index in [1.165, 1.54) is 37.8 Å². The first-order valence-corrected chi connectivity index (χ1v) is 13.6. The van der Waals surface area contributed by atoms with Crippen LogP contribution in [0.3, 0.4) is 0 Å². The lowest BCUT2D eigenvalue weighted by Gasteiger charge is -2.29. The van der Waals surface area contributed by atoms with Crippen LogP contribution in [0.1, 0.15) is 69.3 Å². The van der Waals surface area contributed by atoms with Crippen LogP contribution in [0.4, 0.5) is 5.69 Å². The Bertz CT molecular complexity index is 1410. The zero-order chi connectivity index (χ0) is 25.4. The minimum Gasteiger partial charge on any atom is -0.507 e. The highest BCUT2D eigenvalue weighted by Crippen LogP contribution is 2.40. The number of aromatic amines is 1. The van der Waals surface area contributed by atoms with Crippen molar-refractivity contribution in [2.24, 2.45) is 0 Å². The molecule has 0 spiro atoms. The summed E-state index contributed by atoms with van der Waals surface area (Å²) in [6.07, 6.45) is 8.47. The molecule has 2 N–H and O–H groups in total. The fourth-order valence-corrected chi connectivity index (χ4v) is 5.87. The number of hydrogen-bond acceptors (Lipinski definition) is 6. The molecule has 1 saturated heterocycles. The van der Waals surface area contributed by atoms with Crippen molar-refractivity contribution in [3.8, 4) is 22.8 Å². The van der Waals surface area contributed by atoms with Gasteiger partial charge < -0.3 is 10.0 Å². The minimum atomic E-state index is 0.0941. The number of piperidine rings is 1. The van der Waals surface area contributed by atoms with Crippen LogP contribution in [0.5, 0.6) is 5.75 Å². The Labute approximate surface area is 216 Å². The van der Waals surface area contributed by atoms with Crippen LogP contribution in [0, 0.1) is 4.91 Å². The number of H-pyrrole nitrogens is 1. The highest BCUT2D eigenvalue weighted by Gasteiger charge is 2.26. The SMILES string of the molecule is CC[N+](=O)Cc1nnc(-c2cc3c(C4CCCC4)[nH]nc3cc2O)n1-c1ccc(N2CCCCC2)cc1. The topological polar surface area (TPSA) is 103 Å². The van der Waals surface area contributed by atoms with Gasteiger partial charge >= 0.3 is 0 Å². The Balaban J connectivity index is 1.44. The van der Waals surface area contributed by atoms with Gasteiger partial charge in [-0.2, -0.15) is 5.10 Å². The third-order valence-corrected chi connectivity index (χ3v) is 7.93. The smallest absolute Gasteiger partial charge is 0.251 e. The molecule has 0 atom stereocenters. The molecule has 9 heteroatoms. The number of nitrogens with zero attached hydrogens (tertiary/aromatic N) is 6. The van der Waals surface area contributed by atoms with Crippen molar-refractivity contribution >= 4 is 16.6 Å². The summed E-state index contributed by atoms with van der Waals surface area (Å²) in [6.45, 7) is 4.44. The van der Waals surface area contributed by atoms with Crippen molar-refractivity contribution in [3.05, 3.63) is 52.8 Å². The maximum absolute atomic E-state index is 12.3. The predicted octanol–water partition coefficient (Wildman–Crippen LogP) is 5.46. The van der Waals surface area contributed by atoms with E-state index in [4.69, 9.17) is 0 Å². The maximum atomic E-state index is 12.3. The first kappa shape index (κ1) is 23.6. The lowest BCUT2D eigenvalue weighted by atomic mass is 9.99. The number of hydrogen-bond donors (Lipinski definition) is 2. The number of anilines is 1. The molecule has 9 nitrogen and oxygen atoms in total. The molecule has 2 fully saturated rings. The molecule has 6 rings (SSSR count). The maximum Gasteiger partial charge on any atom is 0.251 e. The summed E-state index contributed by atoms with van der Waals surface area (Å²) in [5.41, 5.74) is 4.52. The van der Waals surface area contributed by atoms with E-state index in [0.29, 0.717) is 29.7 Å². The summed E-state index contributed by atoms with van der Waals surface area (Å²) >= 11 is 0. The van der Waals surface area contributed by atoms with E-state index in [2.05, 4.69) is 49.6 Å². The average molecular weight is 501 g/mol. The van der Waals surface area contributed by atoms with Crippen LogP contribution in [0.2, 0.25) is 0 Å². The third-order valence-electron chi connectivity index (χ3n) is 7.93. The van der Waals surface area contributed by atoms with Gasteiger partial charge in [-0.25, -0.2) is 0 Å². The standard InChI is InChI=1S/C28H33N7O2/c1-2-34(37)18-26-30-32-28(35(26)21-12-10-20(11-13-21)33-14-6-3-7-15-33)23-16-22-24(17-25(23)36)29-31-27(22)19-8-4-5-9-19/h10-13,16-17,19H,2-9,14-15,18H2,1H3,(H-,29,31,32,36)/p+1. The monoisotopic (exact) mass is 500 g/mol. The number of phenols is 1. The Hall–Kier alpha value is -3.75. The normalized spacial score (nSPS) is 16.6. The lowest BCUT2D eigenvalue weighted by molar-refractivity contribution is -0.562. The van der Waals surface area contributed by atoms with E-state index in [-0.39, 0.29) is 12.3 Å². The van der Waals surface area contributed by atoms with E-state index in [0.717, 1.165) is 53.0 Å². The summed E-state index contributed by atoms with van der Waals surface area (Å²) in [4.78, 5) is 14.8. The zero-order valence-corrected chi connectivity index (χ0v) is 21.4. The Morgan fingerprint density at radius 1 is 1.00 bits per heavy atom. The van der Waals surface area contributed by atoms with Gasteiger partial charge in [-0.15, -0.1) is 10.2 Å². The molecule has 3 heterocycles. The van der Waals surface area contributed by atoms with E-state index in [1.807, 2.05) is 17.6 Å². The first-order chi connectivity index (χ1) is 18.1. The molecule has 1 aliphatic carbocycles. The molecule has 4 aromatic rings. The van der Waals surface area contributed by atoms with Crippen molar-refractivity contribution in [3.63, 3.8) is 0 Å². The summed E-state index contributed by atoms with van der Waals surface area (Å²) in [6, 6.07) is 12.0. The van der Waals surface area contributed by atoms with Gasteiger partial charge in [0.2, 0.25) is 5.82 Å². The second-order valence-corrected chi connectivity index (χ2v) is 10.3. The van der Waals surface area contributed by atoms with Crippen molar-refractivity contribution in [1.29, 1.82) is 0 Å². The average Bonchev–Trinajstić information content (AvgIpc) is 3.69. The molecule has 0 amide bonds. The van der Waals surface area contributed by atoms with E-state index < -0.39 is 0 Å². The van der Waals surface area contributed by atoms with Gasteiger partial charge in [0, 0.05) is 57.2 Å². The minimum absolute atomic E-state index is 0.0941.